The molecule has 0 amide bonds. The molecule has 0 saturated carbocycles. The van der Waals surface area contributed by atoms with Gasteiger partial charge in [0.25, 0.3) is 0 Å². The summed E-state index contributed by atoms with van der Waals surface area (Å²) in [5.41, 5.74) is 2.10. The zero-order chi connectivity index (χ0) is 14.1. The first-order valence-electron chi connectivity index (χ1n) is 7.66. The van der Waals surface area contributed by atoms with Crippen molar-refractivity contribution in [1.82, 2.24) is 5.32 Å². The van der Waals surface area contributed by atoms with E-state index in [9.17, 15) is 5.11 Å². The van der Waals surface area contributed by atoms with Crippen molar-refractivity contribution in [2.24, 2.45) is 0 Å². The second-order valence-electron chi connectivity index (χ2n) is 5.84. The summed E-state index contributed by atoms with van der Waals surface area (Å²) in [5.74, 6) is 0.931. The zero-order valence-electron chi connectivity index (χ0n) is 12.3. The van der Waals surface area contributed by atoms with Crippen molar-refractivity contribution in [2.75, 3.05) is 24.5 Å². The minimum absolute atomic E-state index is 0.187. The number of nitrogens with one attached hydrogen (secondary N) is 1. The number of rotatable bonds is 3. The van der Waals surface area contributed by atoms with Crippen LogP contribution in [0.1, 0.15) is 38.4 Å². The molecule has 1 saturated heterocycles. The number of hydrogen-bond acceptors (Lipinski definition) is 4. The molecule has 4 heteroatoms. The van der Waals surface area contributed by atoms with Crippen LogP contribution in [0.3, 0.4) is 0 Å². The molecule has 110 valence electrons. The maximum absolute atomic E-state index is 10.5. The van der Waals surface area contributed by atoms with Gasteiger partial charge in [0.2, 0.25) is 0 Å². The Bertz CT molecular complexity index is 472. The lowest BCUT2D eigenvalue weighted by Gasteiger charge is -2.35. The van der Waals surface area contributed by atoms with Crippen molar-refractivity contribution in [2.45, 2.75) is 44.9 Å². The average Bonchev–Trinajstić information content (AvgIpc) is 2.99. The molecular weight excluding hydrogens is 252 g/mol. The Morgan fingerprint density at radius 3 is 3.05 bits per heavy atom. The molecule has 0 aliphatic carbocycles. The molecule has 3 unspecified atom stereocenters. The number of ether oxygens (including phenoxy) is 1. The van der Waals surface area contributed by atoms with E-state index in [1.807, 2.05) is 12.1 Å². The largest absolute Gasteiger partial charge is 0.487 e. The van der Waals surface area contributed by atoms with Crippen molar-refractivity contribution in [3.8, 4) is 5.75 Å². The molecule has 2 aliphatic rings. The molecule has 3 rings (SSSR count). The topological polar surface area (TPSA) is 44.7 Å². The third-order valence-electron chi connectivity index (χ3n) is 4.33. The highest BCUT2D eigenvalue weighted by molar-refractivity contribution is 5.62. The second kappa shape index (κ2) is 5.62. The van der Waals surface area contributed by atoms with Crippen LogP contribution in [0.2, 0.25) is 0 Å². The third kappa shape index (κ3) is 2.50. The molecule has 1 aromatic carbocycles. The predicted octanol–water partition coefficient (Wildman–Crippen LogP) is 2.08. The van der Waals surface area contributed by atoms with Crippen molar-refractivity contribution in [3.63, 3.8) is 0 Å². The normalized spacial score (nSPS) is 27.1. The summed E-state index contributed by atoms with van der Waals surface area (Å²) < 4.78 is 5.89. The molecule has 2 heterocycles. The Labute approximate surface area is 120 Å². The van der Waals surface area contributed by atoms with Gasteiger partial charge in [0.1, 0.15) is 11.9 Å². The van der Waals surface area contributed by atoms with E-state index in [1.54, 1.807) is 0 Å². The van der Waals surface area contributed by atoms with Gasteiger partial charge in [-0.15, -0.1) is 0 Å². The summed E-state index contributed by atoms with van der Waals surface area (Å²) in [4.78, 5) is 2.32. The van der Waals surface area contributed by atoms with E-state index in [2.05, 4.69) is 30.1 Å². The number of likely N-dealkylation sites (N-methyl/N-ethyl adjacent to an activating group) is 1. The number of nitrogens with zero attached hydrogens (tertiary/aromatic N) is 1. The van der Waals surface area contributed by atoms with Crippen molar-refractivity contribution >= 4 is 5.69 Å². The summed E-state index contributed by atoms with van der Waals surface area (Å²) >= 11 is 0. The Morgan fingerprint density at radius 1 is 1.50 bits per heavy atom. The summed E-state index contributed by atoms with van der Waals surface area (Å²) in [6.45, 7) is 7.13. The highest BCUT2D eigenvalue weighted by Gasteiger charge is 2.27. The molecule has 0 bridgehead atoms. The lowest BCUT2D eigenvalue weighted by molar-refractivity contribution is 0.137. The SMILES string of the molecule is CCN1CC(C)Oc2ccc(C(O)C3CCCN3)cc21. The standard InChI is InChI=1S/C16H24N2O2/c1-3-18-10-11(2)20-15-7-6-12(9-14(15)18)16(19)13-5-4-8-17-13/h6-7,9,11,13,16-17,19H,3-5,8,10H2,1-2H3. The van der Waals surface area contributed by atoms with E-state index in [4.69, 9.17) is 4.74 Å². The molecule has 0 aromatic heterocycles. The first-order valence-corrected chi connectivity index (χ1v) is 7.66. The molecule has 1 aromatic rings. The van der Waals surface area contributed by atoms with Gasteiger partial charge in [0, 0.05) is 12.6 Å². The van der Waals surface area contributed by atoms with E-state index < -0.39 is 6.10 Å². The lowest BCUT2D eigenvalue weighted by atomic mass is 9.99. The minimum Gasteiger partial charge on any atom is -0.487 e. The number of fused-ring (bicyclic) bond motifs is 1. The maximum Gasteiger partial charge on any atom is 0.143 e. The lowest BCUT2D eigenvalue weighted by Crippen LogP contribution is -2.38. The highest BCUT2D eigenvalue weighted by Crippen LogP contribution is 2.36. The van der Waals surface area contributed by atoms with E-state index in [0.717, 1.165) is 49.5 Å². The molecule has 1 fully saturated rings. The third-order valence-corrected chi connectivity index (χ3v) is 4.33. The van der Waals surface area contributed by atoms with Gasteiger partial charge in [-0.1, -0.05) is 6.07 Å². The van der Waals surface area contributed by atoms with Gasteiger partial charge in [-0.2, -0.15) is 0 Å². The molecular formula is C16H24N2O2. The number of anilines is 1. The number of benzene rings is 1. The molecule has 0 radical (unpaired) electrons. The van der Waals surface area contributed by atoms with Gasteiger partial charge in [0.15, 0.2) is 0 Å². The monoisotopic (exact) mass is 276 g/mol. The summed E-state index contributed by atoms with van der Waals surface area (Å²) in [6, 6.07) is 6.28. The first kappa shape index (κ1) is 13.7. The molecule has 2 N–H and O–H groups in total. The molecule has 2 aliphatic heterocycles. The van der Waals surface area contributed by atoms with Crippen LogP contribution in [0.15, 0.2) is 18.2 Å². The summed E-state index contributed by atoms with van der Waals surface area (Å²) in [6.07, 6.45) is 1.98. The van der Waals surface area contributed by atoms with Gasteiger partial charge in [-0.05, 0) is 50.9 Å². The van der Waals surface area contributed by atoms with Crippen LogP contribution in [0.5, 0.6) is 5.75 Å². The smallest absolute Gasteiger partial charge is 0.143 e. The Hall–Kier alpha value is -1.26. The second-order valence-corrected chi connectivity index (χ2v) is 5.84. The van der Waals surface area contributed by atoms with E-state index in [-0.39, 0.29) is 12.1 Å². The van der Waals surface area contributed by atoms with E-state index >= 15 is 0 Å². The van der Waals surface area contributed by atoms with Crippen molar-refractivity contribution in [1.29, 1.82) is 0 Å². The van der Waals surface area contributed by atoms with Crippen LogP contribution >= 0.6 is 0 Å². The van der Waals surface area contributed by atoms with Crippen LogP contribution < -0.4 is 15.0 Å². The maximum atomic E-state index is 10.5. The van der Waals surface area contributed by atoms with Gasteiger partial charge >= 0.3 is 0 Å². The molecule has 3 atom stereocenters. The van der Waals surface area contributed by atoms with Crippen LogP contribution in [0, 0.1) is 0 Å². The zero-order valence-corrected chi connectivity index (χ0v) is 12.3. The fourth-order valence-corrected chi connectivity index (χ4v) is 3.24. The van der Waals surface area contributed by atoms with Crippen LogP contribution in [0.25, 0.3) is 0 Å². The predicted molar refractivity (Wildman–Crippen MR) is 80.4 cm³/mol. The van der Waals surface area contributed by atoms with Crippen molar-refractivity contribution < 1.29 is 9.84 Å². The van der Waals surface area contributed by atoms with Gasteiger partial charge in [-0.3, -0.25) is 0 Å². The summed E-state index contributed by atoms with van der Waals surface area (Å²) in [7, 11) is 0. The fraction of sp³-hybridized carbons (Fsp3) is 0.625. The number of aliphatic hydroxyl groups is 1. The highest BCUT2D eigenvalue weighted by atomic mass is 16.5. The number of hydrogen-bond donors (Lipinski definition) is 2. The Balaban J connectivity index is 1.87. The Kier molecular flexibility index (Phi) is 3.85. The van der Waals surface area contributed by atoms with Crippen LogP contribution in [0.4, 0.5) is 5.69 Å². The van der Waals surface area contributed by atoms with Gasteiger partial charge in [-0.25, -0.2) is 0 Å². The van der Waals surface area contributed by atoms with Gasteiger partial charge < -0.3 is 20.1 Å². The van der Waals surface area contributed by atoms with Gasteiger partial charge in [0.05, 0.1) is 18.3 Å². The van der Waals surface area contributed by atoms with E-state index in [0.29, 0.717) is 0 Å². The molecule has 0 spiro atoms. The van der Waals surface area contributed by atoms with Crippen LogP contribution in [-0.4, -0.2) is 36.9 Å². The Morgan fingerprint density at radius 2 is 2.35 bits per heavy atom. The summed E-state index contributed by atoms with van der Waals surface area (Å²) in [5, 5.41) is 13.9. The fourth-order valence-electron chi connectivity index (χ4n) is 3.24. The molecule has 4 nitrogen and oxygen atoms in total. The molecule has 20 heavy (non-hydrogen) atoms. The minimum atomic E-state index is -0.430. The van der Waals surface area contributed by atoms with E-state index in [1.165, 1.54) is 0 Å². The number of aliphatic hydroxyl groups excluding tert-OH is 1. The van der Waals surface area contributed by atoms with Crippen molar-refractivity contribution in [3.05, 3.63) is 23.8 Å². The first-order chi connectivity index (χ1) is 9.69. The quantitative estimate of drug-likeness (QED) is 0.887. The van der Waals surface area contributed by atoms with Crippen LogP contribution in [-0.2, 0) is 0 Å². The average molecular weight is 276 g/mol.